The number of anilines is 1. The number of benzene rings is 2. The van der Waals surface area contributed by atoms with Gasteiger partial charge in [0.25, 0.3) is 0 Å². The molecule has 1 atom stereocenters. The molecule has 0 spiro atoms. The summed E-state index contributed by atoms with van der Waals surface area (Å²) in [5.74, 6) is 0. The Morgan fingerprint density at radius 2 is 2.05 bits per heavy atom. The van der Waals surface area contributed by atoms with E-state index in [2.05, 4.69) is 69.4 Å². The lowest BCUT2D eigenvalue weighted by Gasteiger charge is -2.24. The minimum absolute atomic E-state index is 0.575. The summed E-state index contributed by atoms with van der Waals surface area (Å²) in [5, 5.41) is 1.17. The molecule has 0 amide bonds. The maximum absolute atomic E-state index is 4.85. The van der Waals surface area contributed by atoms with Crippen molar-refractivity contribution in [2.75, 3.05) is 11.4 Å². The van der Waals surface area contributed by atoms with Crippen molar-refractivity contribution in [2.45, 2.75) is 25.3 Å². The molecular weight excluding hydrogens is 356 g/mol. The average Bonchev–Trinajstić information content (AvgIpc) is 3.14. The first-order chi connectivity index (χ1) is 10.8. The molecule has 1 aliphatic heterocycles. The van der Waals surface area contributed by atoms with Crippen LogP contribution in [0.4, 0.5) is 5.13 Å². The molecule has 0 radical (unpaired) electrons. The van der Waals surface area contributed by atoms with Crippen molar-refractivity contribution >= 4 is 42.6 Å². The van der Waals surface area contributed by atoms with Crippen molar-refractivity contribution in [2.24, 2.45) is 0 Å². The fourth-order valence-electron chi connectivity index (χ4n) is 3.20. The van der Waals surface area contributed by atoms with E-state index in [0.29, 0.717) is 6.04 Å². The predicted molar refractivity (Wildman–Crippen MR) is 97.8 cm³/mol. The van der Waals surface area contributed by atoms with E-state index in [1.54, 1.807) is 0 Å². The van der Waals surface area contributed by atoms with Crippen molar-refractivity contribution in [3.63, 3.8) is 0 Å². The van der Waals surface area contributed by atoms with E-state index in [1.807, 2.05) is 11.3 Å². The molecule has 0 bridgehead atoms. The van der Waals surface area contributed by atoms with E-state index in [0.717, 1.165) is 23.0 Å². The van der Waals surface area contributed by atoms with Crippen LogP contribution in [-0.2, 0) is 6.42 Å². The SMILES string of the molecule is Brc1ccc2nc(N3CCCC3Cc3ccccc3)sc2c1. The Morgan fingerprint density at radius 3 is 2.91 bits per heavy atom. The minimum atomic E-state index is 0.575. The summed E-state index contributed by atoms with van der Waals surface area (Å²) < 4.78 is 2.38. The van der Waals surface area contributed by atoms with Gasteiger partial charge in [-0.15, -0.1) is 0 Å². The highest BCUT2D eigenvalue weighted by Gasteiger charge is 2.27. The van der Waals surface area contributed by atoms with Crippen molar-refractivity contribution in [1.29, 1.82) is 0 Å². The van der Waals surface area contributed by atoms with Gasteiger partial charge in [0, 0.05) is 17.1 Å². The summed E-state index contributed by atoms with van der Waals surface area (Å²) in [7, 11) is 0. The van der Waals surface area contributed by atoms with Crippen LogP contribution in [0.3, 0.4) is 0 Å². The molecule has 22 heavy (non-hydrogen) atoms. The van der Waals surface area contributed by atoms with Crippen molar-refractivity contribution < 1.29 is 0 Å². The molecule has 1 fully saturated rings. The molecule has 4 rings (SSSR count). The monoisotopic (exact) mass is 372 g/mol. The zero-order chi connectivity index (χ0) is 14.9. The summed E-state index contributed by atoms with van der Waals surface area (Å²) in [6.45, 7) is 1.12. The maximum atomic E-state index is 4.85. The van der Waals surface area contributed by atoms with Crippen LogP contribution in [-0.4, -0.2) is 17.6 Å². The van der Waals surface area contributed by atoms with Gasteiger partial charge in [-0.3, -0.25) is 0 Å². The van der Waals surface area contributed by atoms with Gasteiger partial charge in [-0.1, -0.05) is 57.6 Å². The van der Waals surface area contributed by atoms with Gasteiger partial charge in [-0.05, 0) is 43.0 Å². The standard InChI is InChI=1S/C18H17BrN2S/c19-14-8-9-16-17(12-14)22-18(20-16)21-10-4-7-15(21)11-13-5-2-1-3-6-13/h1-3,5-6,8-9,12,15H,4,7,10-11H2. The number of thiazole rings is 1. The third kappa shape index (κ3) is 2.77. The fraction of sp³-hybridized carbons (Fsp3) is 0.278. The Balaban J connectivity index is 1.61. The van der Waals surface area contributed by atoms with Gasteiger partial charge >= 0.3 is 0 Å². The first-order valence-electron chi connectivity index (χ1n) is 7.66. The second-order valence-electron chi connectivity index (χ2n) is 5.79. The minimum Gasteiger partial charge on any atom is -0.345 e. The molecule has 0 N–H and O–H groups in total. The lowest BCUT2D eigenvalue weighted by Crippen LogP contribution is -2.30. The second-order valence-corrected chi connectivity index (χ2v) is 7.71. The van der Waals surface area contributed by atoms with Crippen LogP contribution in [0.2, 0.25) is 0 Å². The highest BCUT2D eigenvalue weighted by molar-refractivity contribution is 9.10. The Morgan fingerprint density at radius 1 is 1.18 bits per heavy atom. The average molecular weight is 373 g/mol. The maximum Gasteiger partial charge on any atom is 0.186 e. The Hall–Kier alpha value is -1.39. The van der Waals surface area contributed by atoms with Crippen molar-refractivity contribution in [1.82, 2.24) is 4.98 Å². The van der Waals surface area contributed by atoms with Crippen LogP contribution in [0, 0.1) is 0 Å². The fourth-order valence-corrected chi connectivity index (χ4v) is 4.81. The van der Waals surface area contributed by atoms with Crippen LogP contribution in [0.1, 0.15) is 18.4 Å². The van der Waals surface area contributed by atoms with Crippen LogP contribution >= 0.6 is 27.3 Å². The molecular formula is C18H17BrN2S. The van der Waals surface area contributed by atoms with Crippen LogP contribution in [0.5, 0.6) is 0 Å². The number of nitrogens with zero attached hydrogens (tertiary/aromatic N) is 2. The molecule has 112 valence electrons. The number of fused-ring (bicyclic) bond motifs is 1. The third-order valence-electron chi connectivity index (χ3n) is 4.28. The van der Waals surface area contributed by atoms with Gasteiger partial charge in [0.15, 0.2) is 5.13 Å². The van der Waals surface area contributed by atoms with Gasteiger partial charge in [-0.25, -0.2) is 4.98 Å². The van der Waals surface area contributed by atoms with Crippen molar-refractivity contribution in [3.8, 4) is 0 Å². The summed E-state index contributed by atoms with van der Waals surface area (Å²) in [6, 6.07) is 17.7. The number of hydrogen-bond donors (Lipinski definition) is 0. The van der Waals surface area contributed by atoms with Crippen molar-refractivity contribution in [3.05, 3.63) is 58.6 Å². The summed E-state index contributed by atoms with van der Waals surface area (Å²) in [5.41, 5.74) is 2.52. The normalized spacial score (nSPS) is 18.2. The van der Waals surface area contributed by atoms with E-state index in [4.69, 9.17) is 4.98 Å². The van der Waals surface area contributed by atoms with Gasteiger partial charge in [0.05, 0.1) is 10.2 Å². The largest absolute Gasteiger partial charge is 0.345 e. The predicted octanol–water partition coefficient (Wildman–Crippen LogP) is 5.27. The summed E-state index contributed by atoms with van der Waals surface area (Å²) in [6.07, 6.45) is 3.63. The Bertz CT molecular complexity index is 784. The molecule has 0 saturated carbocycles. The first-order valence-corrected chi connectivity index (χ1v) is 9.27. The zero-order valence-corrected chi connectivity index (χ0v) is 14.6. The molecule has 2 heterocycles. The number of halogens is 1. The van der Waals surface area contributed by atoms with Gasteiger partial charge in [-0.2, -0.15) is 0 Å². The molecule has 4 heteroatoms. The van der Waals surface area contributed by atoms with E-state index >= 15 is 0 Å². The third-order valence-corrected chi connectivity index (χ3v) is 5.82. The number of hydrogen-bond acceptors (Lipinski definition) is 3. The second kappa shape index (κ2) is 6.01. The molecule has 1 aliphatic rings. The molecule has 2 nitrogen and oxygen atoms in total. The summed E-state index contributed by atoms with van der Waals surface area (Å²) in [4.78, 5) is 7.36. The van der Waals surface area contributed by atoms with E-state index in [9.17, 15) is 0 Å². The van der Waals surface area contributed by atoms with Crippen LogP contribution in [0.25, 0.3) is 10.2 Å². The Labute approximate surface area is 142 Å². The number of rotatable bonds is 3. The van der Waals surface area contributed by atoms with E-state index in [1.165, 1.54) is 28.2 Å². The quantitative estimate of drug-likeness (QED) is 0.622. The first kappa shape index (κ1) is 14.2. The van der Waals surface area contributed by atoms with E-state index < -0.39 is 0 Å². The molecule has 1 aromatic heterocycles. The van der Waals surface area contributed by atoms with Gasteiger partial charge in [0.2, 0.25) is 0 Å². The van der Waals surface area contributed by atoms with E-state index in [-0.39, 0.29) is 0 Å². The lowest BCUT2D eigenvalue weighted by molar-refractivity contribution is 0.662. The molecule has 1 saturated heterocycles. The number of aromatic nitrogens is 1. The van der Waals surface area contributed by atoms with Gasteiger partial charge < -0.3 is 4.90 Å². The molecule has 0 aliphatic carbocycles. The Kier molecular flexibility index (Phi) is 3.89. The van der Waals surface area contributed by atoms with Crippen LogP contribution < -0.4 is 4.90 Å². The molecule has 3 aromatic rings. The molecule has 2 aromatic carbocycles. The van der Waals surface area contributed by atoms with Gasteiger partial charge in [0.1, 0.15) is 0 Å². The van der Waals surface area contributed by atoms with Crippen LogP contribution in [0.15, 0.2) is 53.0 Å². The highest BCUT2D eigenvalue weighted by atomic mass is 79.9. The topological polar surface area (TPSA) is 16.1 Å². The highest BCUT2D eigenvalue weighted by Crippen LogP contribution is 2.35. The molecule has 1 unspecified atom stereocenters. The smallest absolute Gasteiger partial charge is 0.186 e. The lowest BCUT2D eigenvalue weighted by atomic mass is 10.0. The summed E-state index contributed by atoms with van der Waals surface area (Å²) >= 11 is 5.35. The zero-order valence-electron chi connectivity index (χ0n) is 12.2.